The van der Waals surface area contributed by atoms with Crippen molar-refractivity contribution in [3.8, 4) is 11.4 Å². The molecule has 1 heterocycles. The van der Waals surface area contributed by atoms with E-state index in [0.717, 1.165) is 31.6 Å². The Morgan fingerprint density at radius 1 is 1.16 bits per heavy atom. The Morgan fingerprint density at radius 3 is 2.39 bits per heavy atom. The highest BCUT2D eigenvalue weighted by atomic mass is 79.9. The van der Waals surface area contributed by atoms with Gasteiger partial charge in [0.2, 0.25) is 0 Å². The summed E-state index contributed by atoms with van der Waals surface area (Å²) < 4.78 is 9.18. The molecule has 160 valence electrons. The minimum absolute atomic E-state index is 0.348. The van der Waals surface area contributed by atoms with Crippen molar-refractivity contribution >= 4 is 55.6 Å². The second kappa shape index (κ2) is 10.3. The van der Waals surface area contributed by atoms with E-state index < -0.39 is 5.91 Å². The fraction of sp³-hybridized carbons (Fsp3) is 0.130. The van der Waals surface area contributed by atoms with Crippen molar-refractivity contribution in [2.24, 2.45) is 5.10 Å². The highest BCUT2D eigenvalue weighted by Gasteiger charge is 2.13. The monoisotopic (exact) mass is 563 g/mol. The highest BCUT2D eigenvalue weighted by Crippen LogP contribution is 2.34. The molecule has 1 amide bonds. The summed E-state index contributed by atoms with van der Waals surface area (Å²) in [7, 11) is 0. The van der Waals surface area contributed by atoms with Crippen LogP contribution in [-0.4, -0.2) is 23.3 Å². The maximum absolute atomic E-state index is 12.5. The number of hydrogen-bond donors (Lipinski definition) is 1. The molecule has 1 aromatic heterocycles. The van der Waals surface area contributed by atoms with E-state index in [1.54, 1.807) is 24.4 Å². The first-order valence-electron chi connectivity index (χ1n) is 9.33. The topological polar surface area (TPSA) is 55.6 Å². The highest BCUT2D eigenvalue weighted by molar-refractivity contribution is 9.11. The van der Waals surface area contributed by atoms with Crippen molar-refractivity contribution in [1.29, 1.82) is 0 Å². The van der Waals surface area contributed by atoms with Gasteiger partial charge in [0, 0.05) is 17.1 Å². The number of nitrogens with one attached hydrogen (secondary N) is 1. The molecule has 0 aliphatic carbocycles. The molecule has 0 bridgehead atoms. The number of hydrazone groups is 1. The van der Waals surface area contributed by atoms with Crippen LogP contribution in [0.1, 0.15) is 27.3 Å². The number of rotatable bonds is 7. The van der Waals surface area contributed by atoms with Crippen LogP contribution in [0.25, 0.3) is 5.69 Å². The SMILES string of the molecule is C=CCOc1c(Br)cc(/C=N\NC(=O)c2ccc(-n3c(C)ccc3C)cc2Cl)cc1Br. The molecule has 0 spiro atoms. The van der Waals surface area contributed by atoms with Gasteiger partial charge in [0.05, 0.1) is 25.7 Å². The number of aromatic nitrogens is 1. The molecule has 3 aromatic rings. The predicted octanol–water partition coefficient (Wildman–Crippen LogP) is 6.60. The number of hydrogen-bond acceptors (Lipinski definition) is 3. The number of carbonyl (C=O) groups excluding carboxylic acids is 1. The zero-order valence-electron chi connectivity index (χ0n) is 17.0. The fourth-order valence-electron chi connectivity index (χ4n) is 3.06. The van der Waals surface area contributed by atoms with Gasteiger partial charge in [0.15, 0.2) is 0 Å². The molecule has 3 rings (SSSR count). The summed E-state index contributed by atoms with van der Waals surface area (Å²) in [6.45, 7) is 8.07. The molecule has 0 saturated heterocycles. The van der Waals surface area contributed by atoms with Crippen molar-refractivity contribution in [2.45, 2.75) is 13.8 Å². The van der Waals surface area contributed by atoms with Gasteiger partial charge >= 0.3 is 0 Å². The summed E-state index contributed by atoms with van der Waals surface area (Å²) in [5, 5.41) is 4.40. The van der Waals surface area contributed by atoms with Crippen LogP contribution in [0.5, 0.6) is 5.75 Å². The van der Waals surface area contributed by atoms with Gasteiger partial charge in [0.1, 0.15) is 12.4 Å². The average molecular weight is 566 g/mol. The Bertz CT molecular complexity index is 1130. The predicted molar refractivity (Wildman–Crippen MR) is 133 cm³/mol. The Hall–Kier alpha value is -2.35. The van der Waals surface area contributed by atoms with Gasteiger partial charge < -0.3 is 9.30 Å². The van der Waals surface area contributed by atoms with Gasteiger partial charge in [-0.05, 0) is 93.7 Å². The van der Waals surface area contributed by atoms with Gasteiger partial charge in [0.25, 0.3) is 5.91 Å². The van der Waals surface area contributed by atoms with E-state index in [2.05, 4.69) is 53.5 Å². The molecule has 31 heavy (non-hydrogen) atoms. The Balaban J connectivity index is 1.72. The molecule has 8 heteroatoms. The fourth-order valence-corrected chi connectivity index (χ4v) is 4.77. The smallest absolute Gasteiger partial charge is 0.272 e. The average Bonchev–Trinajstić information content (AvgIpc) is 3.05. The van der Waals surface area contributed by atoms with Crippen LogP contribution in [0, 0.1) is 13.8 Å². The number of ether oxygens (including phenoxy) is 1. The van der Waals surface area contributed by atoms with Crippen LogP contribution >= 0.6 is 43.5 Å². The van der Waals surface area contributed by atoms with E-state index >= 15 is 0 Å². The third-order valence-corrected chi connectivity index (χ3v) is 5.96. The largest absolute Gasteiger partial charge is 0.487 e. The van der Waals surface area contributed by atoms with Crippen LogP contribution in [0.2, 0.25) is 5.02 Å². The number of amides is 1. The van der Waals surface area contributed by atoms with Crippen LogP contribution in [0.4, 0.5) is 0 Å². The molecular formula is C23H20Br2ClN3O2. The summed E-state index contributed by atoms with van der Waals surface area (Å²) in [6, 6.07) is 13.1. The van der Waals surface area contributed by atoms with Crippen molar-refractivity contribution in [3.05, 3.63) is 91.6 Å². The lowest BCUT2D eigenvalue weighted by Crippen LogP contribution is -2.18. The maximum Gasteiger partial charge on any atom is 0.272 e. The van der Waals surface area contributed by atoms with Crippen molar-refractivity contribution in [1.82, 2.24) is 9.99 Å². The van der Waals surface area contributed by atoms with Gasteiger partial charge in [-0.15, -0.1) is 0 Å². The van der Waals surface area contributed by atoms with Crippen LogP contribution in [-0.2, 0) is 0 Å². The van der Waals surface area contributed by atoms with Gasteiger partial charge in [-0.3, -0.25) is 4.79 Å². The van der Waals surface area contributed by atoms with Crippen LogP contribution in [0.3, 0.4) is 0 Å². The van der Waals surface area contributed by atoms with E-state index in [0.29, 0.717) is 22.9 Å². The zero-order chi connectivity index (χ0) is 22.5. The van der Waals surface area contributed by atoms with Crippen molar-refractivity contribution in [2.75, 3.05) is 6.61 Å². The van der Waals surface area contributed by atoms with Crippen molar-refractivity contribution in [3.63, 3.8) is 0 Å². The first-order valence-corrected chi connectivity index (χ1v) is 11.3. The minimum Gasteiger partial charge on any atom is -0.487 e. The van der Waals surface area contributed by atoms with Crippen LogP contribution in [0.15, 0.2) is 69.2 Å². The number of aryl methyl sites for hydroxylation is 2. The van der Waals surface area contributed by atoms with E-state index in [-0.39, 0.29) is 0 Å². The second-order valence-corrected chi connectivity index (χ2v) is 8.84. The molecule has 1 N–H and O–H groups in total. The number of carbonyl (C=O) groups is 1. The Morgan fingerprint density at radius 2 is 1.81 bits per heavy atom. The van der Waals surface area contributed by atoms with Crippen molar-refractivity contribution < 1.29 is 9.53 Å². The summed E-state index contributed by atoms with van der Waals surface area (Å²) >= 11 is 13.3. The minimum atomic E-state index is -0.391. The lowest BCUT2D eigenvalue weighted by molar-refractivity contribution is 0.0955. The molecule has 0 radical (unpaired) electrons. The summed E-state index contributed by atoms with van der Waals surface area (Å²) in [6.07, 6.45) is 3.21. The van der Waals surface area contributed by atoms with Gasteiger partial charge in [-0.1, -0.05) is 24.3 Å². The molecule has 0 fully saturated rings. The molecule has 0 aliphatic rings. The lowest BCUT2D eigenvalue weighted by atomic mass is 10.2. The van der Waals surface area contributed by atoms with E-state index in [9.17, 15) is 4.79 Å². The number of halogens is 3. The molecule has 0 atom stereocenters. The number of nitrogens with zero attached hydrogens (tertiary/aromatic N) is 2. The van der Waals surface area contributed by atoms with E-state index in [4.69, 9.17) is 16.3 Å². The summed E-state index contributed by atoms with van der Waals surface area (Å²) in [5.41, 5.74) is 6.72. The van der Waals surface area contributed by atoms with E-state index in [1.165, 1.54) is 0 Å². The van der Waals surface area contributed by atoms with Gasteiger partial charge in [-0.25, -0.2) is 5.43 Å². The molecule has 5 nitrogen and oxygen atoms in total. The molecule has 0 saturated carbocycles. The maximum atomic E-state index is 12.5. The second-order valence-electron chi connectivity index (χ2n) is 6.73. The first kappa shape index (κ1) is 23.3. The normalized spacial score (nSPS) is 11.0. The molecule has 0 unspecified atom stereocenters. The van der Waals surface area contributed by atoms with Gasteiger partial charge in [-0.2, -0.15) is 5.10 Å². The Labute approximate surface area is 203 Å². The number of benzene rings is 2. The third-order valence-electron chi connectivity index (χ3n) is 4.47. The van der Waals surface area contributed by atoms with Crippen LogP contribution < -0.4 is 10.2 Å². The van der Waals surface area contributed by atoms with E-state index in [1.807, 2.05) is 44.2 Å². The standard InChI is InChI=1S/C23H20Br2ClN3O2/c1-4-9-31-22-19(24)10-16(11-20(22)25)13-27-28-23(30)18-8-7-17(12-21(18)26)29-14(2)5-6-15(29)3/h4-8,10-13H,1,9H2,2-3H3,(H,28,30)/b27-13-. The summed E-state index contributed by atoms with van der Waals surface area (Å²) in [4.78, 5) is 12.5. The third kappa shape index (κ3) is 5.47. The molecule has 2 aromatic carbocycles. The lowest BCUT2D eigenvalue weighted by Gasteiger charge is -2.11. The quantitative estimate of drug-likeness (QED) is 0.199. The molecular weight excluding hydrogens is 546 g/mol. The Kier molecular flexibility index (Phi) is 7.75. The first-order chi connectivity index (χ1) is 14.8. The summed E-state index contributed by atoms with van der Waals surface area (Å²) in [5.74, 6) is 0.277. The zero-order valence-corrected chi connectivity index (χ0v) is 20.9. The molecule has 0 aliphatic heterocycles.